The van der Waals surface area contributed by atoms with E-state index in [0.717, 1.165) is 12.8 Å². The van der Waals surface area contributed by atoms with Crippen LogP contribution in [0, 0.1) is 0 Å². The number of Topliss-reactive ketones (excluding diaryl/α,β-unsaturated/α-hetero) is 2. The van der Waals surface area contributed by atoms with Crippen LogP contribution in [0.15, 0.2) is 24.3 Å². The van der Waals surface area contributed by atoms with Gasteiger partial charge >= 0.3 is 0 Å². The Bertz CT molecular complexity index is 396. The number of methoxy groups -OCH3 is 1. The van der Waals surface area contributed by atoms with E-state index in [1.807, 2.05) is 6.92 Å². The topological polar surface area (TPSA) is 43.4 Å². The zero-order chi connectivity index (χ0) is 12.7. The fourth-order valence-corrected chi connectivity index (χ4v) is 1.61. The molecule has 0 aliphatic heterocycles. The van der Waals surface area contributed by atoms with E-state index >= 15 is 0 Å². The van der Waals surface area contributed by atoms with Crippen LogP contribution in [-0.2, 0) is 4.79 Å². The summed E-state index contributed by atoms with van der Waals surface area (Å²) < 4.78 is 5.10. The van der Waals surface area contributed by atoms with Gasteiger partial charge in [0.2, 0.25) is 0 Å². The maximum Gasteiger partial charge on any atom is 0.173 e. The minimum absolute atomic E-state index is 0.00255. The predicted octanol–water partition coefficient (Wildman–Crippen LogP) is 3.03. The molecule has 0 fully saturated rings. The molecule has 0 amide bonds. The number of hydrogen-bond acceptors (Lipinski definition) is 3. The van der Waals surface area contributed by atoms with Crippen molar-refractivity contribution in [1.82, 2.24) is 0 Å². The molecule has 0 heterocycles. The normalized spacial score (nSPS) is 10.0. The fourth-order valence-electron chi connectivity index (χ4n) is 1.61. The average molecular weight is 234 g/mol. The minimum Gasteiger partial charge on any atom is -0.496 e. The van der Waals surface area contributed by atoms with Gasteiger partial charge in [-0.3, -0.25) is 9.59 Å². The Kier molecular flexibility index (Phi) is 5.40. The number of benzene rings is 1. The Balaban J connectivity index is 2.66. The smallest absolute Gasteiger partial charge is 0.173 e. The maximum absolute atomic E-state index is 11.9. The molecule has 92 valence electrons. The molecule has 0 aliphatic carbocycles. The zero-order valence-corrected chi connectivity index (χ0v) is 10.4. The van der Waals surface area contributed by atoms with Gasteiger partial charge in [-0.25, -0.2) is 0 Å². The molecule has 0 spiro atoms. The molecule has 1 rings (SSSR count). The van der Waals surface area contributed by atoms with Crippen molar-refractivity contribution in [2.24, 2.45) is 0 Å². The van der Waals surface area contributed by atoms with Gasteiger partial charge in [-0.15, -0.1) is 0 Å². The molecule has 0 atom stereocenters. The fraction of sp³-hybridized carbons (Fsp3) is 0.429. The van der Waals surface area contributed by atoms with E-state index in [-0.39, 0.29) is 18.0 Å². The third-order valence-corrected chi connectivity index (χ3v) is 2.57. The summed E-state index contributed by atoms with van der Waals surface area (Å²) in [6, 6.07) is 6.98. The molecule has 0 aliphatic rings. The second-order valence-electron chi connectivity index (χ2n) is 3.94. The summed E-state index contributed by atoms with van der Waals surface area (Å²) in [7, 11) is 1.52. The van der Waals surface area contributed by atoms with Crippen molar-refractivity contribution in [2.45, 2.75) is 32.6 Å². The van der Waals surface area contributed by atoms with Crippen LogP contribution in [0.2, 0.25) is 0 Å². The van der Waals surface area contributed by atoms with Crippen molar-refractivity contribution in [1.29, 1.82) is 0 Å². The molecular formula is C14H18O3. The van der Waals surface area contributed by atoms with Crippen molar-refractivity contribution < 1.29 is 14.3 Å². The van der Waals surface area contributed by atoms with E-state index in [9.17, 15) is 9.59 Å². The lowest BCUT2D eigenvalue weighted by atomic mass is 10.0. The average Bonchev–Trinajstić information content (AvgIpc) is 2.36. The van der Waals surface area contributed by atoms with Crippen LogP contribution in [0.3, 0.4) is 0 Å². The van der Waals surface area contributed by atoms with Gasteiger partial charge in [-0.05, 0) is 18.6 Å². The van der Waals surface area contributed by atoms with Gasteiger partial charge in [0.1, 0.15) is 11.5 Å². The van der Waals surface area contributed by atoms with E-state index in [4.69, 9.17) is 4.74 Å². The SMILES string of the molecule is CCCCC(=O)CC(=O)c1ccccc1OC. The van der Waals surface area contributed by atoms with Crippen LogP contribution in [0.5, 0.6) is 5.75 Å². The first-order valence-corrected chi connectivity index (χ1v) is 5.87. The molecule has 0 saturated heterocycles. The molecule has 17 heavy (non-hydrogen) atoms. The summed E-state index contributed by atoms with van der Waals surface area (Å²) >= 11 is 0. The Hall–Kier alpha value is -1.64. The van der Waals surface area contributed by atoms with E-state index in [2.05, 4.69) is 0 Å². The minimum atomic E-state index is -0.163. The monoisotopic (exact) mass is 234 g/mol. The number of carbonyl (C=O) groups excluding carboxylic acids is 2. The molecule has 0 aromatic heterocycles. The Morgan fingerprint density at radius 2 is 1.94 bits per heavy atom. The highest BCUT2D eigenvalue weighted by Crippen LogP contribution is 2.19. The first-order chi connectivity index (χ1) is 8.19. The van der Waals surface area contributed by atoms with Gasteiger partial charge in [0.05, 0.1) is 19.1 Å². The largest absolute Gasteiger partial charge is 0.496 e. The molecule has 0 N–H and O–H groups in total. The number of para-hydroxylation sites is 1. The molecule has 0 radical (unpaired) electrons. The molecule has 3 heteroatoms. The number of ether oxygens (including phenoxy) is 1. The predicted molar refractivity (Wildman–Crippen MR) is 66.5 cm³/mol. The van der Waals surface area contributed by atoms with Gasteiger partial charge in [0, 0.05) is 6.42 Å². The van der Waals surface area contributed by atoms with Crippen molar-refractivity contribution in [3.63, 3.8) is 0 Å². The molecule has 0 unspecified atom stereocenters. The highest BCUT2D eigenvalue weighted by Gasteiger charge is 2.14. The van der Waals surface area contributed by atoms with Crippen LogP contribution in [-0.4, -0.2) is 18.7 Å². The van der Waals surface area contributed by atoms with Crippen LogP contribution >= 0.6 is 0 Å². The number of hydrogen-bond donors (Lipinski definition) is 0. The van der Waals surface area contributed by atoms with Crippen molar-refractivity contribution in [2.75, 3.05) is 7.11 Å². The number of unbranched alkanes of at least 4 members (excludes halogenated alkanes) is 1. The quantitative estimate of drug-likeness (QED) is 0.538. The second kappa shape index (κ2) is 6.84. The van der Waals surface area contributed by atoms with Crippen LogP contribution in [0.25, 0.3) is 0 Å². The first kappa shape index (κ1) is 13.4. The summed E-state index contributed by atoms with van der Waals surface area (Å²) in [6.07, 6.45) is 2.27. The van der Waals surface area contributed by atoms with Gasteiger partial charge < -0.3 is 4.74 Å². The van der Waals surface area contributed by atoms with E-state index in [1.54, 1.807) is 24.3 Å². The van der Waals surface area contributed by atoms with E-state index < -0.39 is 0 Å². The molecule has 0 saturated carbocycles. The lowest BCUT2D eigenvalue weighted by molar-refractivity contribution is -0.118. The number of rotatable bonds is 7. The summed E-state index contributed by atoms with van der Waals surface area (Å²) in [5.41, 5.74) is 0.486. The summed E-state index contributed by atoms with van der Waals surface area (Å²) in [6.45, 7) is 2.02. The van der Waals surface area contributed by atoms with Crippen molar-refractivity contribution in [3.05, 3.63) is 29.8 Å². The zero-order valence-electron chi connectivity index (χ0n) is 10.4. The number of carbonyl (C=O) groups is 2. The van der Waals surface area contributed by atoms with Crippen LogP contribution in [0.4, 0.5) is 0 Å². The van der Waals surface area contributed by atoms with Crippen molar-refractivity contribution >= 4 is 11.6 Å². The maximum atomic E-state index is 11.9. The third-order valence-electron chi connectivity index (χ3n) is 2.57. The molecule has 1 aromatic carbocycles. The van der Waals surface area contributed by atoms with Gasteiger partial charge in [-0.2, -0.15) is 0 Å². The lowest BCUT2D eigenvalue weighted by Gasteiger charge is -2.06. The van der Waals surface area contributed by atoms with Crippen molar-refractivity contribution in [3.8, 4) is 5.75 Å². The molecule has 3 nitrogen and oxygen atoms in total. The van der Waals surface area contributed by atoms with E-state index in [1.165, 1.54) is 7.11 Å². The van der Waals surface area contributed by atoms with Crippen LogP contribution in [0.1, 0.15) is 43.0 Å². The summed E-state index contributed by atoms with van der Waals surface area (Å²) in [5, 5.41) is 0. The summed E-state index contributed by atoms with van der Waals surface area (Å²) in [5.74, 6) is 0.368. The van der Waals surface area contributed by atoms with E-state index in [0.29, 0.717) is 17.7 Å². The third kappa shape index (κ3) is 4.02. The molecule has 0 bridgehead atoms. The molecular weight excluding hydrogens is 216 g/mol. The Morgan fingerprint density at radius 1 is 1.24 bits per heavy atom. The second-order valence-corrected chi connectivity index (χ2v) is 3.94. The first-order valence-electron chi connectivity index (χ1n) is 5.87. The number of ketones is 2. The van der Waals surface area contributed by atoms with Crippen LogP contribution < -0.4 is 4.74 Å². The highest BCUT2D eigenvalue weighted by atomic mass is 16.5. The van der Waals surface area contributed by atoms with Gasteiger partial charge in [0.25, 0.3) is 0 Å². The standard InChI is InChI=1S/C14H18O3/c1-3-4-7-11(15)10-13(16)12-8-5-6-9-14(12)17-2/h5-6,8-9H,3-4,7,10H2,1-2H3. The molecule has 1 aromatic rings. The lowest BCUT2D eigenvalue weighted by Crippen LogP contribution is -2.09. The Morgan fingerprint density at radius 3 is 2.59 bits per heavy atom. The highest BCUT2D eigenvalue weighted by molar-refractivity contribution is 6.09. The Labute approximate surface area is 102 Å². The summed E-state index contributed by atoms with van der Waals surface area (Å²) in [4.78, 5) is 23.4. The van der Waals surface area contributed by atoms with Gasteiger partial charge in [0.15, 0.2) is 5.78 Å². The van der Waals surface area contributed by atoms with Gasteiger partial charge in [-0.1, -0.05) is 25.5 Å².